The number of nitrogens with one attached hydrogen (secondary N) is 1. The van der Waals surface area contributed by atoms with Crippen molar-refractivity contribution in [3.05, 3.63) is 63.6 Å². The van der Waals surface area contributed by atoms with E-state index in [0.717, 1.165) is 6.07 Å². The molecule has 1 saturated heterocycles. The number of hydrogen-bond donors (Lipinski definition) is 2. The topological polar surface area (TPSA) is 162 Å². The van der Waals surface area contributed by atoms with E-state index in [-0.39, 0.29) is 33.9 Å². The van der Waals surface area contributed by atoms with Crippen molar-refractivity contribution < 1.29 is 24.0 Å². The van der Waals surface area contributed by atoms with Gasteiger partial charge in [0.25, 0.3) is 5.69 Å². The minimum absolute atomic E-state index is 0.00427. The van der Waals surface area contributed by atoms with Crippen LogP contribution >= 0.6 is 0 Å². The van der Waals surface area contributed by atoms with Crippen LogP contribution in [0.5, 0.6) is 5.75 Å². The molecule has 1 amide bonds. The molecule has 5 rings (SSSR count). The van der Waals surface area contributed by atoms with Gasteiger partial charge in [-0.2, -0.15) is 10.4 Å². The molecule has 0 radical (unpaired) electrons. The maximum atomic E-state index is 14.9. The number of aryl methyl sites for hydroxylation is 1. The number of fused-ring (bicyclic) bond motifs is 1. The summed E-state index contributed by atoms with van der Waals surface area (Å²) in [4.78, 5) is 32.1. The van der Waals surface area contributed by atoms with Crippen molar-refractivity contribution in [2.75, 3.05) is 31.1 Å². The van der Waals surface area contributed by atoms with Gasteiger partial charge in [0.15, 0.2) is 5.65 Å². The molecule has 0 aliphatic carbocycles. The number of carbonyl (C=O) groups is 1. The number of nitro groups is 1. The maximum Gasteiger partial charge on any atom is 0.410 e. The molecule has 0 saturated carbocycles. The van der Waals surface area contributed by atoms with Gasteiger partial charge in [-0.3, -0.25) is 15.2 Å². The number of rotatable bonds is 4. The molecule has 1 aliphatic heterocycles. The largest absolute Gasteiger partial charge is 0.508 e. The zero-order valence-corrected chi connectivity index (χ0v) is 23.4. The Balaban J connectivity index is 1.58. The van der Waals surface area contributed by atoms with Gasteiger partial charge in [-0.25, -0.2) is 14.2 Å². The molecule has 2 aromatic carbocycles. The number of aromatic nitrogens is 3. The molecule has 216 valence electrons. The fourth-order valence-corrected chi connectivity index (χ4v) is 5.05. The Morgan fingerprint density at radius 1 is 1.19 bits per heavy atom. The highest BCUT2D eigenvalue weighted by Gasteiger charge is 2.30. The van der Waals surface area contributed by atoms with E-state index in [1.807, 2.05) is 4.90 Å². The molecule has 2 aromatic heterocycles. The Hall–Kier alpha value is -5.25. The first-order valence-corrected chi connectivity index (χ1v) is 13.2. The van der Waals surface area contributed by atoms with Crippen LogP contribution < -0.4 is 4.90 Å². The molecule has 13 heteroatoms. The number of pyridine rings is 1. The van der Waals surface area contributed by atoms with Gasteiger partial charge in [-0.05, 0) is 51.5 Å². The molecule has 42 heavy (non-hydrogen) atoms. The lowest BCUT2D eigenvalue weighted by Gasteiger charge is -2.36. The number of carbonyl (C=O) groups excluding carboxylic acids is 1. The van der Waals surface area contributed by atoms with Gasteiger partial charge in [0, 0.05) is 49.4 Å². The first-order valence-electron chi connectivity index (χ1n) is 13.2. The fraction of sp³-hybridized carbons (Fsp3) is 0.310. The highest BCUT2D eigenvalue weighted by Crippen LogP contribution is 2.41. The minimum Gasteiger partial charge on any atom is -0.508 e. The molecule has 12 nitrogen and oxygen atoms in total. The summed E-state index contributed by atoms with van der Waals surface area (Å²) in [5.74, 6) is -1.07. The zero-order valence-electron chi connectivity index (χ0n) is 23.4. The van der Waals surface area contributed by atoms with E-state index in [9.17, 15) is 29.7 Å². The van der Waals surface area contributed by atoms with Crippen LogP contribution in [0.15, 0.2) is 36.4 Å². The van der Waals surface area contributed by atoms with Crippen LogP contribution in [-0.2, 0) is 4.74 Å². The summed E-state index contributed by atoms with van der Waals surface area (Å²) in [6, 6.07) is 10.3. The highest BCUT2D eigenvalue weighted by atomic mass is 19.1. The molecular formula is C29H28FN7O5. The number of nitrogens with zero attached hydrogens (tertiary/aromatic N) is 6. The van der Waals surface area contributed by atoms with Crippen molar-refractivity contribution in [2.24, 2.45) is 0 Å². The summed E-state index contributed by atoms with van der Waals surface area (Å²) in [5, 5.41) is 39.7. The van der Waals surface area contributed by atoms with Crippen LogP contribution in [0.1, 0.15) is 32.0 Å². The van der Waals surface area contributed by atoms with E-state index >= 15 is 0 Å². The van der Waals surface area contributed by atoms with Crippen molar-refractivity contribution in [3.63, 3.8) is 0 Å². The van der Waals surface area contributed by atoms with Gasteiger partial charge in [-0.1, -0.05) is 6.07 Å². The summed E-state index contributed by atoms with van der Waals surface area (Å²) in [7, 11) is 0. The number of phenolic OH excluding ortho intramolecular Hbond substituents is 1. The predicted octanol–water partition coefficient (Wildman–Crippen LogP) is 5.28. The molecule has 0 atom stereocenters. The second kappa shape index (κ2) is 10.6. The van der Waals surface area contributed by atoms with E-state index in [0.29, 0.717) is 54.1 Å². The van der Waals surface area contributed by atoms with Crippen LogP contribution in [0.4, 0.5) is 20.6 Å². The van der Waals surface area contributed by atoms with E-state index in [1.54, 1.807) is 44.7 Å². The van der Waals surface area contributed by atoms with Gasteiger partial charge in [0.05, 0.1) is 27.3 Å². The number of aromatic hydroxyl groups is 1. The number of aromatic amines is 1. The Morgan fingerprint density at radius 3 is 2.52 bits per heavy atom. The Labute approximate surface area is 240 Å². The van der Waals surface area contributed by atoms with E-state index in [2.05, 4.69) is 21.3 Å². The second-order valence-corrected chi connectivity index (χ2v) is 10.9. The lowest BCUT2D eigenvalue weighted by molar-refractivity contribution is -0.384. The molecule has 0 unspecified atom stereocenters. The number of hydrogen-bond acceptors (Lipinski definition) is 9. The molecule has 0 bridgehead atoms. The standard InChI is InChI=1S/C29H28FN7O5/c1-16-24-25(20(15-31)26(32-27(24)34-33-16)19-7-6-18(38)14-21(19)30)17-5-8-22(23(13-17)37(40)41)35-9-11-36(12-10-35)28(39)42-29(2,3)4/h5-8,13-14,38H,9-12H2,1-4H3,(H,32,33,34). The number of anilines is 1. The van der Waals surface area contributed by atoms with Crippen molar-refractivity contribution in [1.82, 2.24) is 20.1 Å². The quantitative estimate of drug-likeness (QED) is 0.244. The molecule has 1 aliphatic rings. The smallest absolute Gasteiger partial charge is 0.410 e. The number of halogens is 1. The first-order chi connectivity index (χ1) is 19.9. The summed E-state index contributed by atoms with van der Waals surface area (Å²) < 4.78 is 20.4. The average molecular weight is 574 g/mol. The van der Waals surface area contributed by atoms with Crippen LogP contribution in [-0.4, -0.2) is 68.0 Å². The number of phenols is 1. The third-order valence-corrected chi connectivity index (χ3v) is 6.94. The normalized spacial score (nSPS) is 13.7. The van der Waals surface area contributed by atoms with E-state index in [4.69, 9.17) is 4.74 Å². The van der Waals surface area contributed by atoms with Gasteiger partial charge < -0.3 is 19.6 Å². The van der Waals surface area contributed by atoms with Crippen molar-refractivity contribution >= 4 is 28.5 Å². The first kappa shape index (κ1) is 28.3. The minimum atomic E-state index is -0.785. The number of H-pyrrole nitrogens is 1. The van der Waals surface area contributed by atoms with Gasteiger partial charge in [-0.15, -0.1) is 0 Å². The predicted molar refractivity (Wildman–Crippen MR) is 153 cm³/mol. The third-order valence-electron chi connectivity index (χ3n) is 6.94. The van der Waals surface area contributed by atoms with Crippen LogP contribution in [0, 0.1) is 34.2 Å². The van der Waals surface area contributed by atoms with Crippen LogP contribution in [0.3, 0.4) is 0 Å². The van der Waals surface area contributed by atoms with Gasteiger partial charge >= 0.3 is 6.09 Å². The highest BCUT2D eigenvalue weighted by molar-refractivity contribution is 6.01. The number of nitro benzene ring substituents is 1. The number of nitriles is 1. The summed E-state index contributed by atoms with van der Waals surface area (Å²) in [6.45, 7) is 8.43. The summed E-state index contributed by atoms with van der Waals surface area (Å²) >= 11 is 0. The maximum absolute atomic E-state index is 14.9. The number of amides is 1. The van der Waals surface area contributed by atoms with E-state index in [1.165, 1.54) is 18.2 Å². The summed E-state index contributed by atoms with van der Waals surface area (Å²) in [5.41, 5.74) is 0.985. The van der Waals surface area contributed by atoms with Gasteiger partial charge in [0.1, 0.15) is 28.9 Å². The lowest BCUT2D eigenvalue weighted by atomic mass is 9.92. The second-order valence-electron chi connectivity index (χ2n) is 10.9. The number of piperazine rings is 1. The SMILES string of the molecule is Cc1n[nH]c2nc(-c3ccc(O)cc3F)c(C#N)c(-c3ccc(N4CCN(C(=O)OC(C)(C)C)CC4)c([N+](=O)[O-])c3)c12. The average Bonchev–Trinajstić information content (AvgIpc) is 3.31. The van der Waals surface area contributed by atoms with Gasteiger partial charge in [0.2, 0.25) is 0 Å². The number of ether oxygens (including phenoxy) is 1. The number of benzene rings is 2. The molecule has 1 fully saturated rings. The fourth-order valence-electron chi connectivity index (χ4n) is 5.05. The molecule has 0 spiro atoms. The van der Waals surface area contributed by atoms with Crippen LogP contribution in [0.25, 0.3) is 33.4 Å². The Morgan fingerprint density at radius 2 is 1.90 bits per heavy atom. The Bertz CT molecular complexity index is 1760. The third kappa shape index (κ3) is 5.26. The lowest BCUT2D eigenvalue weighted by Crippen LogP contribution is -2.50. The van der Waals surface area contributed by atoms with Crippen molar-refractivity contribution in [3.8, 4) is 34.2 Å². The molecular weight excluding hydrogens is 545 g/mol. The molecule has 4 aromatic rings. The molecule has 2 N–H and O–H groups in total. The summed E-state index contributed by atoms with van der Waals surface area (Å²) in [6.07, 6.45) is -0.436. The van der Waals surface area contributed by atoms with Crippen LogP contribution in [0.2, 0.25) is 0 Å². The molecule has 3 heterocycles. The monoisotopic (exact) mass is 573 g/mol. The zero-order chi connectivity index (χ0) is 30.3. The van der Waals surface area contributed by atoms with Crippen molar-refractivity contribution in [2.45, 2.75) is 33.3 Å². The van der Waals surface area contributed by atoms with Crippen molar-refractivity contribution in [1.29, 1.82) is 5.26 Å². The Kier molecular flexibility index (Phi) is 7.15. The van der Waals surface area contributed by atoms with E-state index < -0.39 is 22.4 Å².